The largest absolute Gasteiger partial charge is 0.494 e. The Morgan fingerprint density at radius 2 is 2.14 bits per heavy atom. The second-order valence-electron chi connectivity index (χ2n) is 4.69. The van der Waals surface area contributed by atoms with Crippen molar-refractivity contribution >= 4 is 33.8 Å². The number of fused-ring (bicyclic) bond motifs is 2. The summed E-state index contributed by atoms with van der Waals surface area (Å²) in [5.74, 6) is 0.0649. The molecule has 0 saturated carbocycles. The Hall–Kier alpha value is -3.15. The van der Waals surface area contributed by atoms with Crippen LogP contribution in [0.15, 0.2) is 47.7 Å². The van der Waals surface area contributed by atoms with E-state index in [0.29, 0.717) is 11.1 Å². The van der Waals surface area contributed by atoms with Gasteiger partial charge in [-0.2, -0.15) is 5.10 Å². The number of aromatic nitrogens is 4. The van der Waals surface area contributed by atoms with E-state index in [1.807, 2.05) is 30.3 Å². The molecule has 6 heteroatoms. The number of aromatic hydroxyl groups is 1. The smallest absolute Gasteiger partial charge is 0.200 e. The van der Waals surface area contributed by atoms with E-state index in [1.54, 1.807) is 18.6 Å². The first-order chi connectivity index (χ1) is 10.3. The Kier molecular flexibility index (Phi) is 2.47. The third kappa shape index (κ3) is 1.93. The molecule has 3 heterocycles. The number of pyridine rings is 1. The number of hydrogen-bond donors (Lipinski definition) is 3. The summed E-state index contributed by atoms with van der Waals surface area (Å²) in [4.78, 5) is 11.5. The molecule has 0 atom stereocenters. The molecule has 4 rings (SSSR count). The fourth-order valence-corrected chi connectivity index (χ4v) is 2.29. The third-order valence-corrected chi connectivity index (χ3v) is 3.34. The van der Waals surface area contributed by atoms with E-state index in [9.17, 15) is 5.11 Å². The molecule has 102 valence electrons. The predicted octanol–water partition coefficient (Wildman–Crippen LogP) is 2.90. The Balaban J connectivity index is 1.77. The number of H-pyrrole nitrogens is 2. The number of aliphatic imine (C=N–C) groups is 1. The molecular weight excluding hydrogens is 266 g/mol. The maximum atomic E-state index is 9.95. The van der Waals surface area contributed by atoms with Gasteiger partial charge in [0.15, 0.2) is 5.88 Å². The van der Waals surface area contributed by atoms with Crippen molar-refractivity contribution in [1.29, 1.82) is 0 Å². The van der Waals surface area contributed by atoms with Crippen LogP contribution in [0, 0.1) is 0 Å². The molecule has 0 spiro atoms. The normalized spacial score (nSPS) is 11.8. The highest BCUT2D eigenvalue weighted by atomic mass is 16.3. The fraction of sp³-hybridized carbons (Fsp3) is 0. The molecule has 0 unspecified atom stereocenters. The molecule has 0 fully saturated rings. The van der Waals surface area contributed by atoms with E-state index in [2.05, 4.69) is 25.2 Å². The summed E-state index contributed by atoms with van der Waals surface area (Å²) in [6, 6.07) is 9.41. The van der Waals surface area contributed by atoms with E-state index >= 15 is 0 Å². The number of aromatic amines is 2. The van der Waals surface area contributed by atoms with Gasteiger partial charge < -0.3 is 10.1 Å². The average molecular weight is 277 g/mol. The maximum absolute atomic E-state index is 9.95. The van der Waals surface area contributed by atoms with Gasteiger partial charge in [-0.1, -0.05) is 0 Å². The molecule has 3 N–H and O–H groups in total. The van der Waals surface area contributed by atoms with Crippen molar-refractivity contribution in [3.63, 3.8) is 0 Å². The molecule has 0 aliphatic carbocycles. The molecule has 0 saturated heterocycles. The van der Waals surface area contributed by atoms with Crippen LogP contribution in [0.2, 0.25) is 0 Å². The van der Waals surface area contributed by atoms with Crippen molar-refractivity contribution < 1.29 is 5.11 Å². The highest BCUT2D eigenvalue weighted by Crippen LogP contribution is 2.25. The quantitative estimate of drug-likeness (QED) is 0.492. The van der Waals surface area contributed by atoms with E-state index in [0.717, 1.165) is 22.1 Å². The topological polar surface area (TPSA) is 89.9 Å². The molecule has 0 aliphatic rings. The van der Waals surface area contributed by atoms with Gasteiger partial charge in [0.25, 0.3) is 0 Å². The first-order valence-electron chi connectivity index (χ1n) is 6.44. The molecule has 0 radical (unpaired) electrons. The van der Waals surface area contributed by atoms with Crippen molar-refractivity contribution in [2.45, 2.75) is 0 Å². The summed E-state index contributed by atoms with van der Waals surface area (Å²) < 4.78 is 0. The second kappa shape index (κ2) is 4.45. The number of rotatable bonds is 2. The lowest BCUT2D eigenvalue weighted by molar-refractivity contribution is 0.457. The van der Waals surface area contributed by atoms with Gasteiger partial charge in [0.1, 0.15) is 5.52 Å². The highest BCUT2D eigenvalue weighted by molar-refractivity contribution is 6.00. The third-order valence-electron chi connectivity index (χ3n) is 3.34. The number of nitrogens with one attached hydrogen (secondary N) is 2. The van der Waals surface area contributed by atoms with Gasteiger partial charge in [0.05, 0.1) is 28.5 Å². The van der Waals surface area contributed by atoms with Crippen LogP contribution in [0.5, 0.6) is 5.88 Å². The van der Waals surface area contributed by atoms with E-state index < -0.39 is 0 Å². The molecule has 3 aromatic heterocycles. The first kappa shape index (κ1) is 11.7. The van der Waals surface area contributed by atoms with Crippen LogP contribution in [0.4, 0.5) is 5.69 Å². The summed E-state index contributed by atoms with van der Waals surface area (Å²) in [5, 5.41) is 17.9. The van der Waals surface area contributed by atoms with E-state index in [1.165, 1.54) is 0 Å². The van der Waals surface area contributed by atoms with Crippen molar-refractivity contribution in [3.8, 4) is 5.88 Å². The zero-order valence-electron chi connectivity index (χ0n) is 10.9. The Bertz CT molecular complexity index is 966. The lowest BCUT2D eigenvalue weighted by Crippen LogP contribution is -1.81. The van der Waals surface area contributed by atoms with Crippen LogP contribution in [0.25, 0.3) is 21.9 Å². The zero-order chi connectivity index (χ0) is 14.2. The van der Waals surface area contributed by atoms with Crippen LogP contribution >= 0.6 is 0 Å². The van der Waals surface area contributed by atoms with Crippen LogP contribution < -0.4 is 0 Å². The van der Waals surface area contributed by atoms with Gasteiger partial charge in [0, 0.05) is 17.8 Å². The lowest BCUT2D eigenvalue weighted by Gasteiger charge is -1.94. The highest BCUT2D eigenvalue weighted by Gasteiger charge is 2.09. The summed E-state index contributed by atoms with van der Waals surface area (Å²) in [6.07, 6.45) is 5.06. The monoisotopic (exact) mass is 277 g/mol. The molecule has 21 heavy (non-hydrogen) atoms. The Morgan fingerprint density at radius 1 is 1.19 bits per heavy atom. The number of benzene rings is 1. The molecule has 6 nitrogen and oxygen atoms in total. The van der Waals surface area contributed by atoms with E-state index in [4.69, 9.17) is 0 Å². The first-order valence-corrected chi connectivity index (χ1v) is 6.44. The summed E-state index contributed by atoms with van der Waals surface area (Å²) >= 11 is 0. The average Bonchev–Trinajstić information content (AvgIpc) is 3.08. The summed E-state index contributed by atoms with van der Waals surface area (Å²) in [5.41, 5.74) is 3.75. The van der Waals surface area contributed by atoms with Gasteiger partial charge in [0.2, 0.25) is 0 Å². The fourth-order valence-electron chi connectivity index (χ4n) is 2.29. The maximum Gasteiger partial charge on any atom is 0.200 e. The summed E-state index contributed by atoms with van der Waals surface area (Å²) in [6.45, 7) is 0. The van der Waals surface area contributed by atoms with E-state index in [-0.39, 0.29) is 5.88 Å². The minimum absolute atomic E-state index is 0.0649. The van der Waals surface area contributed by atoms with Crippen molar-refractivity contribution in [2.24, 2.45) is 4.99 Å². The molecule has 1 aromatic carbocycles. The van der Waals surface area contributed by atoms with Crippen LogP contribution in [0.3, 0.4) is 0 Å². The van der Waals surface area contributed by atoms with Crippen molar-refractivity contribution in [2.75, 3.05) is 0 Å². The van der Waals surface area contributed by atoms with Crippen LogP contribution in [-0.4, -0.2) is 31.5 Å². The molecule has 0 amide bonds. The lowest BCUT2D eigenvalue weighted by atomic mass is 10.2. The van der Waals surface area contributed by atoms with Gasteiger partial charge >= 0.3 is 0 Å². The SMILES string of the molecule is Oc1[nH]c2cccnc2c1C=Nc1ccc2cn[nH]c2c1. The number of nitrogens with zero attached hydrogens (tertiary/aromatic N) is 3. The molecule has 4 aromatic rings. The standard InChI is InChI=1S/C15H11N5O/c21-15-11(14-12(19-15)2-1-5-16-14)8-17-10-4-3-9-7-18-20-13(9)6-10/h1-8,19,21H,(H,18,20). The molecule has 0 bridgehead atoms. The van der Waals surface area contributed by atoms with Crippen LogP contribution in [0.1, 0.15) is 5.56 Å². The summed E-state index contributed by atoms with van der Waals surface area (Å²) in [7, 11) is 0. The van der Waals surface area contributed by atoms with Gasteiger partial charge in [-0.05, 0) is 30.3 Å². The minimum Gasteiger partial charge on any atom is -0.494 e. The Morgan fingerprint density at radius 3 is 3.10 bits per heavy atom. The molecular formula is C15H11N5O. The van der Waals surface area contributed by atoms with Crippen molar-refractivity contribution in [1.82, 2.24) is 20.2 Å². The zero-order valence-corrected chi connectivity index (χ0v) is 10.9. The van der Waals surface area contributed by atoms with Gasteiger partial charge in [-0.15, -0.1) is 0 Å². The van der Waals surface area contributed by atoms with Gasteiger partial charge in [-0.25, -0.2) is 0 Å². The molecule has 0 aliphatic heterocycles. The van der Waals surface area contributed by atoms with Crippen molar-refractivity contribution in [3.05, 3.63) is 48.3 Å². The number of hydrogen-bond acceptors (Lipinski definition) is 4. The second-order valence-corrected chi connectivity index (χ2v) is 4.69. The predicted molar refractivity (Wildman–Crippen MR) is 81.1 cm³/mol. The van der Waals surface area contributed by atoms with Gasteiger partial charge in [-0.3, -0.25) is 15.1 Å². The van der Waals surface area contributed by atoms with Crippen LogP contribution in [-0.2, 0) is 0 Å². The Labute approximate surface area is 119 Å². The minimum atomic E-state index is 0.0649.